The molecule has 0 heterocycles. The lowest BCUT2D eigenvalue weighted by Gasteiger charge is -2.28. The summed E-state index contributed by atoms with van der Waals surface area (Å²) >= 11 is 0. The van der Waals surface area contributed by atoms with E-state index in [4.69, 9.17) is 9.47 Å². The molecule has 0 radical (unpaired) electrons. The van der Waals surface area contributed by atoms with Gasteiger partial charge in [-0.15, -0.1) is 0 Å². The molecule has 0 aliphatic heterocycles. The molecule has 1 amide bonds. The number of rotatable bonds is 7. The predicted molar refractivity (Wildman–Crippen MR) is 97.8 cm³/mol. The molecule has 0 aliphatic carbocycles. The number of benzene rings is 2. The van der Waals surface area contributed by atoms with Crippen molar-refractivity contribution in [1.82, 2.24) is 4.90 Å². The lowest BCUT2D eigenvalue weighted by Crippen LogP contribution is -2.33. The number of nitrogens with zero attached hydrogens (tertiary/aromatic N) is 2. The summed E-state index contributed by atoms with van der Waals surface area (Å²) in [5.74, 6) is 0.543. The quantitative estimate of drug-likeness (QED) is 0.555. The lowest BCUT2D eigenvalue weighted by atomic mass is 10.0. The van der Waals surface area contributed by atoms with Gasteiger partial charge >= 0.3 is 5.69 Å². The highest BCUT2D eigenvalue weighted by Crippen LogP contribution is 2.30. The minimum atomic E-state index is -0.558. The molecule has 1 unspecified atom stereocenters. The number of carbonyl (C=O) groups is 1. The second-order valence-corrected chi connectivity index (χ2v) is 5.69. The van der Waals surface area contributed by atoms with Crippen LogP contribution in [-0.2, 0) is 0 Å². The molecule has 26 heavy (non-hydrogen) atoms. The van der Waals surface area contributed by atoms with E-state index in [1.807, 2.05) is 38.1 Å². The predicted octanol–water partition coefficient (Wildman–Crippen LogP) is 3.84. The van der Waals surface area contributed by atoms with Crippen LogP contribution in [0.3, 0.4) is 0 Å². The van der Waals surface area contributed by atoms with Crippen LogP contribution in [0.1, 0.15) is 35.8 Å². The Balaban J connectivity index is 2.36. The average molecular weight is 358 g/mol. The molecule has 1 atom stereocenters. The molecular weight excluding hydrogens is 336 g/mol. The number of nitro benzene ring substituents is 1. The van der Waals surface area contributed by atoms with Gasteiger partial charge in [0.25, 0.3) is 5.91 Å². The third-order valence-electron chi connectivity index (χ3n) is 4.27. The zero-order valence-corrected chi connectivity index (χ0v) is 15.3. The summed E-state index contributed by atoms with van der Waals surface area (Å²) in [6.07, 6.45) is 0. The van der Waals surface area contributed by atoms with E-state index in [1.165, 1.54) is 25.3 Å². The van der Waals surface area contributed by atoms with Crippen molar-refractivity contribution in [2.24, 2.45) is 0 Å². The van der Waals surface area contributed by atoms with E-state index in [1.54, 1.807) is 12.0 Å². The second kappa shape index (κ2) is 8.33. The summed E-state index contributed by atoms with van der Waals surface area (Å²) in [6.45, 7) is 4.23. The van der Waals surface area contributed by atoms with Crippen LogP contribution in [0.15, 0.2) is 42.5 Å². The van der Waals surface area contributed by atoms with Crippen LogP contribution in [-0.4, -0.2) is 36.5 Å². The Kier molecular flexibility index (Phi) is 6.16. The van der Waals surface area contributed by atoms with E-state index in [9.17, 15) is 14.9 Å². The van der Waals surface area contributed by atoms with E-state index in [-0.39, 0.29) is 28.9 Å². The first-order chi connectivity index (χ1) is 12.4. The zero-order chi connectivity index (χ0) is 19.3. The molecule has 2 rings (SSSR count). The van der Waals surface area contributed by atoms with E-state index >= 15 is 0 Å². The van der Waals surface area contributed by atoms with Crippen LogP contribution in [0.2, 0.25) is 0 Å². The van der Waals surface area contributed by atoms with E-state index < -0.39 is 4.92 Å². The van der Waals surface area contributed by atoms with Gasteiger partial charge in [-0.3, -0.25) is 14.9 Å². The molecule has 0 saturated heterocycles. The number of hydrogen-bond acceptors (Lipinski definition) is 5. The molecular formula is C19H22N2O5. The van der Waals surface area contributed by atoms with Crippen LogP contribution in [0.4, 0.5) is 5.69 Å². The fourth-order valence-electron chi connectivity index (χ4n) is 2.81. The van der Waals surface area contributed by atoms with E-state index in [0.717, 1.165) is 5.56 Å². The Morgan fingerprint density at radius 2 is 1.92 bits per heavy atom. The van der Waals surface area contributed by atoms with Crippen LogP contribution in [0.25, 0.3) is 0 Å². The van der Waals surface area contributed by atoms with Gasteiger partial charge in [-0.25, -0.2) is 0 Å². The fourth-order valence-corrected chi connectivity index (χ4v) is 2.81. The third-order valence-corrected chi connectivity index (χ3v) is 4.27. The van der Waals surface area contributed by atoms with Crippen LogP contribution < -0.4 is 9.47 Å². The maximum Gasteiger partial charge on any atom is 0.311 e. The lowest BCUT2D eigenvalue weighted by molar-refractivity contribution is -0.385. The molecule has 2 aromatic rings. The topological polar surface area (TPSA) is 81.9 Å². The van der Waals surface area contributed by atoms with E-state index in [0.29, 0.717) is 12.3 Å². The van der Waals surface area contributed by atoms with Gasteiger partial charge < -0.3 is 14.4 Å². The van der Waals surface area contributed by atoms with Crippen molar-refractivity contribution in [3.05, 3.63) is 63.7 Å². The molecule has 0 spiro atoms. The number of nitro groups is 1. The standard InChI is InChI=1S/C19H22N2O5/c1-5-20(13(2)14-7-6-8-16(11-14)25-3)19(22)15-9-10-18(26-4)17(12-15)21(23)24/h6-13H,5H2,1-4H3. The highest BCUT2D eigenvalue weighted by Gasteiger charge is 2.25. The van der Waals surface area contributed by atoms with Crippen molar-refractivity contribution in [1.29, 1.82) is 0 Å². The van der Waals surface area contributed by atoms with Gasteiger partial charge in [0.2, 0.25) is 0 Å². The Morgan fingerprint density at radius 1 is 1.19 bits per heavy atom. The first-order valence-electron chi connectivity index (χ1n) is 8.20. The minimum absolute atomic E-state index is 0.121. The van der Waals surface area contributed by atoms with Gasteiger partial charge in [0.15, 0.2) is 5.75 Å². The summed E-state index contributed by atoms with van der Waals surface area (Å²) in [4.78, 5) is 25.3. The number of amides is 1. The molecule has 2 aromatic carbocycles. The third kappa shape index (κ3) is 3.93. The Labute approximate surface area is 152 Å². The van der Waals surface area contributed by atoms with Gasteiger partial charge in [0.1, 0.15) is 5.75 Å². The highest BCUT2D eigenvalue weighted by molar-refractivity contribution is 5.95. The molecule has 0 bridgehead atoms. The van der Waals surface area contributed by atoms with Crippen molar-refractivity contribution < 1.29 is 19.2 Å². The van der Waals surface area contributed by atoms with Crippen molar-refractivity contribution in [2.45, 2.75) is 19.9 Å². The van der Waals surface area contributed by atoms with E-state index in [2.05, 4.69) is 0 Å². The van der Waals surface area contributed by atoms with Gasteiger partial charge in [0.05, 0.1) is 25.2 Å². The summed E-state index contributed by atoms with van der Waals surface area (Å²) in [6, 6.07) is 11.5. The monoisotopic (exact) mass is 358 g/mol. The second-order valence-electron chi connectivity index (χ2n) is 5.69. The first-order valence-corrected chi connectivity index (χ1v) is 8.20. The number of methoxy groups -OCH3 is 2. The highest BCUT2D eigenvalue weighted by atomic mass is 16.6. The first kappa shape index (κ1) is 19.2. The Bertz CT molecular complexity index is 806. The Hall–Kier alpha value is -3.09. The van der Waals surface area contributed by atoms with Crippen molar-refractivity contribution in [3.63, 3.8) is 0 Å². The molecule has 138 valence electrons. The molecule has 7 nitrogen and oxygen atoms in total. The molecule has 0 saturated carbocycles. The summed E-state index contributed by atoms with van der Waals surface area (Å²) in [5.41, 5.74) is 0.931. The zero-order valence-electron chi connectivity index (χ0n) is 15.3. The van der Waals surface area contributed by atoms with Gasteiger partial charge in [-0.2, -0.15) is 0 Å². The molecule has 0 fully saturated rings. The van der Waals surface area contributed by atoms with Crippen LogP contribution in [0, 0.1) is 10.1 Å². The maximum atomic E-state index is 13.0. The number of carbonyl (C=O) groups excluding carboxylic acids is 1. The molecule has 0 N–H and O–H groups in total. The summed E-state index contributed by atoms with van der Waals surface area (Å²) in [7, 11) is 2.94. The summed E-state index contributed by atoms with van der Waals surface area (Å²) in [5, 5.41) is 11.2. The normalized spacial score (nSPS) is 11.5. The van der Waals surface area contributed by atoms with Crippen molar-refractivity contribution in [3.8, 4) is 11.5 Å². The van der Waals surface area contributed by atoms with Crippen molar-refractivity contribution >= 4 is 11.6 Å². The van der Waals surface area contributed by atoms with Gasteiger partial charge in [-0.05, 0) is 43.7 Å². The SMILES string of the molecule is CCN(C(=O)c1ccc(OC)c([N+](=O)[O-])c1)C(C)c1cccc(OC)c1. The molecule has 7 heteroatoms. The largest absolute Gasteiger partial charge is 0.497 e. The van der Waals surface area contributed by atoms with Gasteiger partial charge in [0, 0.05) is 18.2 Å². The van der Waals surface area contributed by atoms with Crippen LogP contribution >= 0.6 is 0 Å². The number of ether oxygens (including phenoxy) is 2. The smallest absolute Gasteiger partial charge is 0.311 e. The number of hydrogen-bond donors (Lipinski definition) is 0. The van der Waals surface area contributed by atoms with Crippen LogP contribution in [0.5, 0.6) is 11.5 Å². The molecule has 0 aliphatic rings. The maximum absolute atomic E-state index is 13.0. The van der Waals surface area contributed by atoms with Crippen molar-refractivity contribution in [2.75, 3.05) is 20.8 Å². The summed E-state index contributed by atoms with van der Waals surface area (Å²) < 4.78 is 10.2. The van der Waals surface area contributed by atoms with Gasteiger partial charge in [-0.1, -0.05) is 12.1 Å². The average Bonchev–Trinajstić information content (AvgIpc) is 2.67. The minimum Gasteiger partial charge on any atom is -0.497 e. The molecule has 0 aromatic heterocycles. The fraction of sp³-hybridized carbons (Fsp3) is 0.316. The Morgan fingerprint density at radius 3 is 2.50 bits per heavy atom.